The quantitative estimate of drug-likeness (QED) is 0.181. The molecule has 37 heavy (non-hydrogen) atoms. The lowest BCUT2D eigenvalue weighted by Gasteiger charge is -2.40. The van der Waals surface area contributed by atoms with Crippen LogP contribution in [0.4, 0.5) is 0 Å². The number of hydrogen-bond donors (Lipinski definition) is 1. The molecule has 6 atom stereocenters. The van der Waals surface area contributed by atoms with Gasteiger partial charge in [-0.2, -0.15) is 0 Å². The molecule has 0 aliphatic carbocycles. The van der Waals surface area contributed by atoms with Crippen molar-refractivity contribution < 1.29 is 24.2 Å². The predicted molar refractivity (Wildman–Crippen MR) is 148 cm³/mol. The summed E-state index contributed by atoms with van der Waals surface area (Å²) in [4.78, 5) is 45.3. The average molecular weight is 535 g/mol. The second-order valence-electron chi connectivity index (χ2n) is 11.1. The monoisotopic (exact) mass is 534 g/mol. The van der Waals surface area contributed by atoms with Crippen LogP contribution in [0.1, 0.15) is 72.1 Å². The number of ether oxygens (including phenoxy) is 1. The van der Waals surface area contributed by atoms with Gasteiger partial charge in [0.2, 0.25) is 11.8 Å². The number of rotatable bonds is 16. The number of aliphatic hydroxyl groups excluding tert-OH is 1. The maximum absolute atomic E-state index is 14.3. The number of likely N-dealkylation sites (tertiary alicyclic amines) is 1. The fraction of sp³-hybridized carbons (Fsp3) is 0.759. The fourth-order valence-corrected chi connectivity index (χ4v) is 8.71. The molecule has 7 nitrogen and oxygen atoms in total. The number of hydrogen-bond acceptors (Lipinski definition) is 6. The van der Waals surface area contributed by atoms with Crippen LogP contribution in [0.5, 0.6) is 0 Å². The Hall–Kier alpha value is -1.80. The van der Waals surface area contributed by atoms with Crippen LogP contribution in [-0.4, -0.2) is 81.1 Å². The highest BCUT2D eigenvalue weighted by atomic mass is 32.2. The van der Waals surface area contributed by atoms with Crippen molar-refractivity contribution >= 4 is 29.5 Å². The van der Waals surface area contributed by atoms with E-state index in [0.717, 1.165) is 32.1 Å². The van der Waals surface area contributed by atoms with E-state index in [1.165, 1.54) is 0 Å². The van der Waals surface area contributed by atoms with Gasteiger partial charge in [0.1, 0.15) is 6.04 Å². The molecule has 2 amide bonds. The number of thioether (sulfide) groups is 1. The van der Waals surface area contributed by atoms with Crippen LogP contribution in [0, 0.1) is 17.8 Å². The lowest BCUT2D eigenvalue weighted by atomic mass is 9.71. The van der Waals surface area contributed by atoms with Crippen LogP contribution < -0.4 is 0 Å². The highest BCUT2D eigenvalue weighted by molar-refractivity contribution is 8.02. The van der Waals surface area contributed by atoms with Gasteiger partial charge in [-0.1, -0.05) is 45.8 Å². The second-order valence-corrected chi connectivity index (χ2v) is 12.7. The van der Waals surface area contributed by atoms with E-state index in [4.69, 9.17) is 4.74 Å². The highest BCUT2D eigenvalue weighted by Gasteiger charge is 2.74. The van der Waals surface area contributed by atoms with E-state index in [-0.39, 0.29) is 35.6 Å². The minimum atomic E-state index is -0.698. The largest absolute Gasteiger partial charge is 0.465 e. The molecule has 0 saturated carbocycles. The van der Waals surface area contributed by atoms with Crippen molar-refractivity contribution in [3.63, 3.8) is 0 Å². The summed E-state index contributed by atoms with van der Waals surface area (Å²) >= 11 is 1.65. The van der Waals surface area contributed by atoms with E-state index in [2.05, 4.69) is 33.9 Å². The first-order valence-electron chi connectivity index (χ1n) is 14.0. The molecule has 0 radical (unpaired) electrons. The van der Waals surface area contributed by atoms with Gasteiger partial charge >= 0.3 is 5.97 Å². The molecular weight excluding hydrogens is 488 g/mol. The molecule has 2 bridgehead atoms. The van der Waals surface area contributed by atoms with E-state index in [1.54, 1.807) is 28.8 Å². The van der Waals surface area contributed by atoms with Crippen LogP contribution in [0.2, 0.25) is 0 Å². The third-order valence-electron chi connectivity index (χ3n) is 8.08. The normalized spacial score (nSPS) is 28.9. The Balaban J connectivity index is 1.98. The van der Waals surface area contributed by atoms with Crippen LogP contribution in [0.15, 0.2) is 25.3 Å². The molecule has 1 spiro atoms. The Morgan fingerprint density at radius 2 is 2.03 bits per heavy atom. The van der Waals surface area contributed by atoms with Crippen LogP contribution in [0.3, 0.4) is 0 Å². The molecular formula is C29H46N2O5S. The minimum absolute atomic E-state index is 0.0241. The number of nitrogens with zero attached hydrogens (tertiary/aromatic N) is 2. The Morgan fingerprint density at radius 3 is 2.65 bits per heavy atom. The standard InChI is InChI=1S/C29H46N2O5S/c1-6-9-11-16-30(15-8-3)27(34)25-29-14-13-22(37-29)23(28(35)36-17-12-10-7-2)24(29)26(33)31(25)21(19-32)18-20(4)5/h7-8,20-25,32H,2-3,6,9-19H2,1,4-5H3/t21-,22-,23+,24+,25?,29?/m1/s1. The molecule has 0 aromatic carbocycles. The summed E-state index contributed by atoms with van der Waals surface area (Å²) in [5.74, 6) is -1.50. The number of esters is 1. The SMILES string of the molecule is C=CCCCOC(=O)[C@@H]1[C@H]2C(=O)N([C@@H](CO)CC(C)C)C(C(=O)N(CC=C)CCCCC)C23CC[C@H]1S3. The van der Waals surface area contributed by atoms with Gasteiger partial charge < -0.3 is 19.6 Å². The Morgan fingerprint density at radius 1 is 1.27 bits per heavy atom. The zero-order chi connectivity index (χ0) is 27.2. The van der Waals surface area contributed by atoms with Crippen LogP contribution >= 0.6 is 11.8 Å². The van der Waals surface area contributed by atoms with E-state index in [9.17, 15) is 19.5 Å². The number of carbonyl (C=O) groups excluding carboxylic acids is 3. The van der Waals surface area contributed by atoms with Crippen molar-refractivity contribution in [1.29, 1.82) is 0 Å². The molecule has 3 saturated heterocycles. The van der Waals surface area contributed by atoms with Crippen molar-refractivity contribution in [3.05, 3.63) is 25.3 Å². The maximum atomic E-state index is 14.3. The Kier molecular flexibility index (Phi) is 10.7. The van der Waals surface area contributed by atoms with Gasteiger partial charge in [-0.25, -0.2) is 0 Å². The summed E-state index contributed by atoms with van der Waals surface area (Å²) in [6.45, 7) is 14.9. The highest BCUT2D eigenvalue weighted by Crippen LogP contribution is 2.67. The number of aliphatic hydroxyl groups is 1. The first-order valence-corrected chi connectivity index (χ1v) is 14.9. The summed E-state index contributed by atoms with van der Waals surface area (Å²) in [6, 6.07) is -1.16. The topological polar surface area (TPSA) is 87.1 Å². The lowest BCUT2D eigenvalue weighted by molar-refractivity contribution is -0.154. The van der Waals surface area contributed by atoms with E-state index < -0.39 is 28.7 Å². The first kappa shape index (κ1) is 29.8. The minimum Gasteiger partial charge on any atom is -0.465 e. The van der Waals surface area contributed by atoms with Crippen molar-refractivity contribution in [2.45, 2.75) is 94.2 Å². The zero-order valence-corrected chi connectivity index (χ0v) is 23.7. The summed E-state index contributed by atoms with van der Waals surface area (Å²) in [7, 11) is 0. The molecule has 0 aromatic rings. The van der Waals surface area contributed by atoms with Gasteiger partial charge in [0.15, 0.2) is 0 Å². The molecule has 3 aliphatic heterocycles. The van der Waals surface area contributed by atoms with Gasteiger partial charge in [-0.05, 0) is 44.4 Å². The van der Waals surface area contributed by atoms with Crippen molar-refractivity contribution in [2.24, 2.45) is 17.8 Å². The second kappa shape index (κ2) is 13.3. The van der Waals surface area contributed by atoms with Crippen molar-refractivity contribution in [1.82, 2.24) is 9.80 Å². The van der Waals surface area contributed by atoms with Crippen molar-refractivity contribution in [2.75, 3.05) is 26.3 Å². The molecule has 0 aromatic heterocycles. The number of carbonyl (C=O) groups is 3. The average Bonchev–Trinajstić information content (AvgIpc) is 3.51. The molecule has 3 rings (SSSR count). The van der Waals surface area contributed by atoms with Crippen molar-refractivity contribution in [3.8, 4) is 0 Å². The number of unbranched alkanes of at least 4 members (excludes halogenated alkanes) is 3. The van der Waals surface area contributed by atoms with E-state index in [1.807, 2.05) is 4.90 Å². The molecule has 3 aliphatic rings. The molecule has 1 N–H and O–H groups in total. The molecule has 3 fully saturated rings. The molecule has 208 valence electrons. The Labute approximate surface area is 227 Å². The third-order valence-corrected chi connectivity index (χ3v) is 10.0. The van der Waals surface area contributed by atoms with Gasteiger partial charge in [-0.15, -0.1) is 24.9 Å². The summed E-state index contributed by atoms with van der Waals surface area (Å²) in [5, 5.41) is 10.4. The summed E-state index contributed by atoms with van der Waals surface area (Å²) in [6.07, 6.45) is 10.0. The number of fused-ring (bicyclic) bond motifs is 1. The summed E-state index contributed by atoms with van der Waals surface area (Å²) < 4.78 is 4.97. The van der Waals surface area contributed by atoms with Crippen LogP contribution in [-0.2, 0) is 19.1 Å². The van der Waals surface area contributed by atoms with E-state index >= 15 is 0 Å². The molecule has 8 heteroatoms. The number of allylic oxidation sites excluding steroid dienone is 1. The fourth-order valence-electron chi connectivity index (χ4n) is 6.52. The maximum Gasteiger partial charge on any atom is 0.310 e. The zero-order valence-electron chi connectivity index (χ0n) is 22.9. The molecule has 2 unspecified atom stereocenters. The Bertz CT molecular complexity index is 848. The summed E-state index contributed by atoms with van der Waals surface area (Å²) in [5.41, 5.74) is 0. The number of amides is 2. The third kappa shape index (κ3) is 5.95. The smallest absolute Gasteiger partial charge is 0.310 e. The predicted octanol–water partition coefficient (Wildman–Crippen LogP) is 4.20. The van der Waals surface area contributed by atoms with Gasteiger partial charge in [0.05, 0.1) is 35.8 Å². The van der Waals surface area contributed by atoms with Gasteiger partial charge in [0, 0.05) is 18.3 Å². The van der Waals surface area contributed by atoms with Gasteiger partial charge in [0.25, 0.3) is 0 Å². The molecule has 3 heterocycles. The first-order chi connectivity index (χ1) is 17.8. The lowest BCUT2D eigenvalue weighted by Crippen LogP contribution is -2.57. The van der Waals surface area contributed by atoms with E-state index in [0.29, 0.717) is 39.0 Å². The van der Waals surface area contributed by atoms with Gasteiger partial charge in [-0.3, -0.25) is 14.4 Å². The van der Waals surface area contributed by atoms with Crippen LogP contribution in [0.25, 0.3) is 0 Å².